The van der Waals surface area contributed by atoms with Crippen molar-refractivity contribution in [3.8, 4) is 11.4 Å². The van der Waals surface area contributed by atoms with Crippen LogP contribution in [0.1, 0.15) is 10.4 Å². The topological polar surface area (TPSA) is 54.6 Å². The monoisotopic (exact) mass is 272 g/mol. The molecule has 0 aliphatic carbocycles. The van der Waals surface area contributed by atoms with Gasteiger partial charge in [-0.15, -0.1) is 0 Å². The molecule has 3 aromatic rings. The van der Waals surface area contributed by atoms with Crippen LogP contribution in [0.5, 0.6) is 0 Å². The highest BCUT2D eigenvalue weighted by molar-refractivity contribution is 6.30. The number of hydrogen-bond acceptors (Lipinski definition) is 2. The Morgan fingerprint density at radius 2 is 2.11 bits per heavy atom. The number of carboxylic acids is 1. The summed E-state index contributed by atoms with van der Waals surface area (Å²) < 4.78 is 1.84. The molecule has 0 saturated heterocycles. The first-order valence-electron chi connectivity index (χ1n) is 5.61. The van der Waals surface area contributed by atoms with Crippen molar-refractivity contribution >= 4 is 23.1 Å². The second-order valence-corrected chi connectivity index (χ2v) is 4.55. The maximum Gasteiger partial charge on any atom is 0.335 e. The molecule has 5 heteroatoms. The van der Waals surface area contributed by atoms with E-state index in [0.717, 1.165) is 11.1 Å². The van der Waals surface area contributed by atoms with Crippen molar-refractivity contribution in [2.45, 2.75) is 0 Å². The Balaban J connectivity index is 2.21. The summed E-state index contributed by atoms with van der Waals surface area (Å²) in [5.41, 5.74) is 1.87. The van der Waals surface area contributed by atoms with Crippen molar-refractivity contribution in [2.75, 3.05) is 0 Å². The molecule has 2 heterocycles. The van der Waals surface area contributed by atoms with Gasteiger partial charge in [0, 0.05) is 11.8 Å². The van der Waals surface area contributed by atoms with Gasteiger partial charge in [0.25, 0.3) is 0 Å². The fraction of sp³-hybridized carbons (Fsp3) is 0. The molecule has 2 aromatic heterocycles. The number of halogens is 1. The van der Waals surface area contributed by atoms with E-state index in [4.69, 9.17) is 16.7 Å². The molecular weight excluding hydrogens is 264 g/mol. The van der Waals surface area contributed by atoms with E-state index < -0.39 is 5.97 Å². The highest BCUT2D eigenvalue weighted by Crippen LogP contribution is 2.22. The van der Waals surface area contributed by atoms with E-state index >= 15 is 0 Å². The minimum absolute atomic E-state index is 0.233. The third kappa shape index (κ3) is 2.06. The molecule has 3 rings (SSSR count). The Morgan fingerprint density at radius 3 is 2.89 bits per heavy atom. The van der Waals surface area contributed by atoms with Crippen LogP contribution in [-0.2, 0) is 0 Å². The Labute approximate surface area is 113 Å². The molecule has 0 aliphatic heterocycles. The van der Waals surface area contributed by atoms with Crippen LogP contribution < -0.4 is 0 Å². The smallest absolute Gasteiger partial charge is 0.335 e. The zero-order valence-electron chi connectivity index (χ0n) is 9.75. The lowest BCUT2D eigenvalue weighted by molar-refractivity contribution is 0.0697. The summed E-state index contributed by atoms with van der Waals surface area (Å²) in [6.07, 6.45) is 3.48. The van der Waals surface area contributed by atoms with Crippen LogP contribution in [-0.4, -0.2) is 20.5 Å². The van der Waals surface area contributed by atoms with E-state index in [-0.39, 0.29) is 5.56 Å². The van der Waals surface area contributed by atoms with E-state index in [1.165, 1.54) is 0 Å². The number of pyridine rings is 1. The maximum atomic E-state index is 11.0. The maximum absolute atomic E-state index is 11.0. The fourth-order valence-corrected chi connectivity index (χ4v) is 2.13. The average Bonchev–Trinajstić information content (AvgIpc) is 2.81. The van der Waals surface area contributed by atoms with Crippen molar-refractivity contribution in [1.82, 2.24) is 9.38 Å². The number of imidazole rings is 1. The van der Waals surface area contributed by atoms with Crippen LogP contribution in [0, 0.1) is 0 Å². The van der Waals surface area contributed by atoms with Crippen LogP contribution in [0.3, 0.4) is 0 Å². The summed E-state index contributed by atoms with van der Waals surface area (Å²) in [7, 11) is 0. The molecule has 0 saturated carbocycles. The van der Waals surface area contributed by atoms with Crippen molar-refractivity contribution in [2.24, 2.45) is 0 Å². The van der Waals surface area contributed by atoms with E-state index in [2.05, 4.69) is 4.98 Å². The minimum Gasteiger partial charge on any atom is -0.478 e. The van der Waals surface area contributed by atoms with Gasteiger partial charge < -0.3 is 5.11 Å². The number of aromatic nitrogens is 2. The predicted molar refractivity (Wildman–Crippen MR) is 72.6 cm³/mol. The lowest BCUT2D eigenvalue weighted by Crippen LogP contribution is -1.97. The molecule has 0 spiro atoms. The zero-order valence-corrected chi connectivity index (χ0v) is 10.5. The van der Waals surface area contributed by atoms with Gasteiger partial charge in [-0.1, -0.05) is 23.7 Å². The lowest BCUT2D eigenvalue weighted by atomic mass is 10.1. The van der Waals surface area contributed by atoms with Gasteiger partial charge >= 0.3 is 5.97 Å². The van der Waals surface area contributed by atoms with Crippen molar-refractivity contribution < 1.29 is 9.90 Å². The van der Waals surface area contributed by atoms with E-state index in [1.54, 1.807) is 36.7 Å². The summed E-state index contributed by atoms with van der Waals surface area (Å²) in [6.45, 7) is 0. The normalized spacial score (nSPS) is 10.8. The second kappa shape index (κ2) is 4.40. The molecule has 94 valence electrons. The van der Waals surface area contributed by atoms with E-state index in [1.807, 2.05) is 16.5 Å². The minimum atomic E-state index is -0.958. The number of benzene rings is 1. The molecule has 1 aromatic carbocycles. The van der Waals surface area contributed by atoms with Crippen molar-refractivity contribution in [3.05, 3.63) is 59.4 Å². The molecule has 0 radical (unpaired) electrons. The van der Waals surface area contributed by atoms with Gasteiger partial charge in [-0.05, 0) is 24.3 Å². The quantitative estimate of drug-likeness (QED) is 0.778. The van der Waals surface area contributed by atoms with Gasteiger partial charge in [-0.2, -0.15) is 0 Å². The standard InChI is InChI=1S/C14H9ClN2O2/c15-11-4-5-12-7-16-13(17(12)8-11)9-2-1-3-10(6-9)14(18)19/h1-8H,(H,18,19). The largest absolute Gasteiger partial charge is 0.478 e. The van der Waals surface area contributed by atoms with Crippen LogP contribution in [0.15, 0.2) is 48.8 Å². The van der Waals surface area contributed by atoms with Gasteiger partial charge in [-0.3, -0.25) is 4.40 Å². The molecular formula is C14H9ClN2O2. The number of rotatable bonds is 2. The van der Waals surface area contributed by atoms with E-state index in [9.17, 15) is 4.79 Å². The highest BCUT2D eigenvalue weighted by atomic mass is 35.5. The Hall–Kier alpha value is -2.33. The summed E-state index contributed by atoms with van der Waals surface area (Å²) in [6, 6.07) is 10.3. The van der Waals surface area contributed by atoms with Crippen molar-refractivity contribution in [3.63, 3.8) is 0 Å². The Bertz CT molecular complexity index is 780. The van der Waals surface area contributed by atoms with Gasteiger partial charge in [0.2, 0.25) is 0 Å². The highest BCUT2D eigenvalue weighted by Gasteiger charge is 2.09. The first kappa shape index (κ1) is 11.7. The molecule has 0 amide bonds. The SMILES string of the molecule is O=C(O)c1cccc(-c2ncc3ccc(Cl)cn23)c1. The van der Waals surface area contributed by atoms with Gasteiger partial charge in [0.15, 0.2) is 0 Å². The fourth-order valence-electron chi connectivity index (χ4n) is 1.97. The molecule has 1 N–H and O–H groups in total. The zero-order chi connectivity index (χ0) is 13.4. The van der Waals surface area contributed by atoms with Gasteiger partial charge in [-0.25, -0.2) is 9.78 Å². The summed E-state index contributed by atoms with van der Waals surface area (Å²) >= 11 is 5.97. The number of aromatic carboxylic acids is 1. The van der Waals surface area contributed by atoms with Gasteiger partial charge in [0.05, 0.1) is 22.3 Å². The second-order valence-electron chi connectivity index (χ2n) is 4.11. The van der Waals surface area contributed by atoms with Crippen LogP contribution in [0.25, 0.3) is 16.9 Å². The van der Waals surface area contributed by atoms with Crippen LogP contribution >= 0.6 is 11.6 Å². The molecule has 0 atom stereocenters. The molecule has 4 nitrogen and oxygen atoms in total. The lowest BCUT2D eigenvalue weighted by Gasteiger charge is -2.03. The van der Waals surface area contributed by atoms with Crippen LogP contribution in [0.4, 0.5) is 0 Å². The van der Waals surface area contributed by atoms with Gasteiger partial charge in [0.1, 0.15) is 5.82 Å². The first-order chi connectivity index (χ1) is 9.15. The first-order valence-corrected chi connectivity index (χ1v) is 5.99. The Morgan fingerprint density at radius 1 is 1.26 bits per heavy atom. The Kier molecular flexibility index (Phi) is 2.72. The molecule has 0 aliphatic rings. The average molecular weight is 273 g/mol. The molecule has 0 unspecified atom stereocenters. The van der Waals surface area contributed by atoms with Crippen LogP contribution in [0.2, 0.25) is 5.02 Å². The summed E-state index contributed by atoms with van der Waals surface area (Å²) in [4.78, 5) is 15.3. The number of fused-ring (bicyclic) bond motifs is 1. The molecule has 19 heavy (non-hydrogen) atoms. The summed E-state index contributed by atoms with van der Waals surface area (Å²) in [5, 5.41) is 9.61. The molecule has 0 bridgehead atoms. The summed E-state index contributed by atoms with van der Waals surface area (Å²) in [5.74, 6) is -0.290. The third-order valence-corrected chi connectivity index (χ3v) is 3.08. The third-order valence-electron chi connectivity index (χ3n) is 2.86. The predicted octanol–water partition coefficient (Wildman–Crippen LogP) is 3.35. The number of nitrogens with zero attached hydrogens (tertiary/aromatic N) is 2. The number of hydrogen-bond donors (Lipinski definition) is 1. The van der Waals surface area contributed by atoms with Crippen molar-refractivity contribution in [1.29, 1.82) is 0 Å². The number of carbonyl (C=O) groups is 1. The number of carboxylic acid groups (broad SMARTS) is 1. The van der Waals surface area contributed by atoms with E-state index in [0.29, 0.717) is 10.8 Å². The molecule has 0 fully saturated rings.